The van der Waals surface area contributed by atoms with E-state index in [0.717, 1.165) is 11.0 Å². The number of halogens is 4. The van der Waals surface area contributed by atoms with Gasteiger partial charge in [0.1, 0.15) is 23.4 Å². The smallest absolute Gasteiger partial charge is 0.491 e. The van der Waals surface area contributed by atoms with E-state index < -0.39 is 62.9 Å². The molecule has 2 unspecified atom stereocenters. The number of benzene rings is 3. The molecule has 16 heteroatoms. The van der Waals surface area contributed by atoms with Crippen molar-refractivity contribution in [3.63, 3.8) is 0 Å². The summed E-state index contributed by atoms with van der Waals surface area (Å²) < 4.78 is 92.0. The van der Waals surface area contributed by atoms with Gasteiger partial charge in [0, 0.05) is 29.4 Å². The van der Waals surface area contributed by atoms with Crippen molar-refractivity contribution >= 4 is 50.0 Å². The first-order valence-electron chi connectivity index (χ1n) is 15.8. The monoisotopic (exact) mass is 730 g/mol. The highest BCUT2D eigenvalue weighted by Crippen LogP contribution is 2.44. The topological polar surface area (TPSA) is 158 Å². The van der Waals surface area contributed by atoms with Crippen molar-refractivity contribution in [2.24, 2.45) is 5.92 Å². The van der Waals surface area contributed by atoms with Crippen LogP contribution in [0.4, 0.5) is 29.1 Å². The molecule has 1 aliphatic rings. The third kappa shape index (κ3) is 7.60. The summed E-state index contributed by atoms with van der Waals surface area (Å²) in [6.45, 7) is 4.45. The number of hydrogen-bond donors (Lipinski definition) is 2. The van der Waals surface area contributed by atoms with Crippen LogP contribution in [-0.4, -0.2) is 60.7 Å². The standard InChI is InChI=1S/C35H34F4N4O7S/c1-4-49-22-10-12-27(36)26(18-22)29(42-21-9-11-23-20(17-21)13-15-41-31(23)40)32(44)43-16-14-25(33(45)50-34(46)35(37,38)39)30(43)24-7-5-6-8-28(24)51(47,48)19(2)3/h5-13,15,17-19,25,29-30,42H,4,14,16H2,1-3H3,(H2,40,41)/t25?,29-,30?/m0/s1. The number of esters is 2. The van der Waals surface area contributed by atoms with Gasteiger partial charge in [-0.2, -0.15) is 13.2 Å². The van der Waals surface area contributed by atoms with Crippen molar-refractivity contribution in [1.82, 2.24) is 9.88 Å². The maximum absolute atomic E-state index is 15.7. The summed E-state index contributed by atoms with van der Waals surface area (Å²) >= 11 is 0. The summed E-state index contributed by atoms with van der Waals surface area (Å²) in [5.41, 5.74) is 6.06. The fourth-order valence-corrected chi connectivity index (χ4v) is 7.32. The number of rotatable bonds is 10. The number of anilines is 2. The number of aromatic nitrogens is 1. The number of nitrogens with zero attached hydrogens (tertiary/aromatic N) is 2. The molecule has 3 atom stereocenters. The number of carbonyl (C=O) groups excluding carboxylic acids is 3. The second-order valence-corrected chi connectivity index (χ2v) is 14.5. The number of pyridine rings is 1. The van der Waals surface area contributed by atoms with Gasteiger partial charge in [-0.3, -0.25) is 9.59 Å². The van der Waals surface area contributed by atoms with E-state index in [-0.39, 0.29) is 47.2 Å². The summed E-state index contributed by atoms with van der Waals surface area (Å²) in [5.74, 6) is -7.19. The number of hydrogen-bond acceptors (Lipinski definition) is 10. The van der Waals surface area contributed by atoms with Crippen molar-refractivity contribution in [1.29, 1.82) is 0 Å². The molecule has 270 valence electrons. The number of nitrogens with two attached hydrogens (primary N) is 1. The average Bonchev–Trinajstić information content (AvgIpc) is 3.53. The Bertz CT molecular complexity index is 2090. The average molecular weight is 731 g/mol. The second-order valence-electron chi connectivity index (χ2n) is 12.0. The largest absolute Gasteiger partial charge is 0.494 e. The highest BCUT2D eigenvalue weighted by Gasteiger charge is 2.50. The highest BCUT2D eigenvalue weighted by atomic mass is 32.2. The molecular formula is C35H34F4N4O7S. The summed E-state index contributed by atoms with van der Waals surface area (Å²) in [7, 11) is -4.10. The number of likely N-dealkylation sites (tertiary alicyclic amines) is 1. The number of nitrogen functional groups attached to an aromatic ring is 1. The van der Waals surface area contributed by atoms with E-state index in [1.54, 1.807) is 31.2 Å². The van der Waals surface area contributed by atoms with Crippen molar-refractivity contribution in [2.45, 2.75) is 55.6 Å². The Kier molecular flexibility index (Phi) is 10.6. The molecule has 0 saturated carbocycles. The fourth-order valence-electron chi connectivity index (χ4n) is 6.03. The zero-order valence-corrected chi connectivity index (χ0v) is 28.4. The lowest BCUT2D eigenvalue weighted by Crippen LogP contribution is -2.41. The first-order valence-corrected chi connectivity index (χ1v) is 17.4. The zero-order valence-electron chi connectivity index (χ0n) is 27.6. The molecule has 3 N–H and O–H groups in total. The Balaban J connectivity index is 1.66. The predicted molar refractivity (Wildman–Crippen MR) is 179 cm³/mol. The number of carbonyl (C=O) groups is 3. The normalized spacial score (nSPS) is 17.0. The lowest BCUT2D eigenvalue weighted by atomic mass is 9.93. The zero-order chi connectivity index (χ0) is 37.2. The Hall–Kier alpha value is -5.25. The van der Waals surface area contributed by atoms with Crippen LogP contribution in [0.15, 0.2) is 77.8 Å². The number of alkyl halides is 3. The van der Waals surface area contributed by atoms with Gasteiger partial charge in [0.2, 0.25) is 5.91 Å². The van der Waals surface area contributed by atoms with E-state index in [4.69, 9.17) is 10.5 Å². The molecule has 1 aliphatic heterocycles. The number of nitrogens with one attached hydrogen (secondary N) is 1. The molecule has 51 heavy (non-hydrogen) atoms. The Labute approximate surface area is 290 Å². The fraction of sp³-hybridized carbons (Fsp3) is 0.314. The number of amides is 1. The minimum Gasteiger partial charge on any atom is -0.494 e. The van der Waals surface area contributed by atoms with Gasteiger partial charge in [-0.05, 0) is 86.7 Å². The van der Waals surface area contributed by atoms with Gasteiger partial charge in [-0.25, -0.2) is 22.6 Å². The maximum atomic E-state index is 15.7. The molecule has 0 aliphatic carbocycles. The third-order valence-electron chi connectivity index (χ3n) is 8.52. The predicted octanol–water partition coefficient (Wildman–Crippen LogP) is 5.91. The van der Waals surface area contributed by atoms with E-state index in [1.165, 1.54) is 56.4 Å². The van der Waals surface area contributed by atoms with Gasteiger partial charge in [0.05, 0.1) is 28.7 Å². The van der Waals surface area contributed by atoms with Gasteiger partial charge in [-0.1, -0.05) is 18.2 Å². The molecule has 0 spiro atoms. The van der Waals surface area contributed by atoms with Crippen LogP contribution < -0.4 is 15.8 Å². The van der Waals surface area contributed by atoms with Gasteiger partial charge in [-0.15, -0.1) is 0 Å². The Morgan fingerprint density at radius 1 is 1.06 bits per heavy atom. The first kappa shape index (κ1) is 37.0. The van der Waals surface area contributed by atoms with Crippen LogP contribution in [0.2, 0.25) is 0 Å². The van der Waals surface area contributed by atoms with E-state index >= 15 is 4.39 Å². The summed E-state index contributed by atoms with van der Waals surface area (Å²) in [6.07, 6.45) is -4.33. The Morgan fingerprint density at radius 3 is 2.47 bits per heavy atom. The molecule has 0 bridgehead atoms. The van der Waals surface area contributed by atoms with Gasteiger partial charge >= 0.3 is 18.1 Å². The second kappa shape index (κ2) is 14.5. The van der Waals surface area contributed by atoms with E-state index in [0.29, 0.717) is 16.5 Å². The van der Waals surface area contributed by atoms with Crippen molar-refractivity contribution in [2.75, 3.05) is 24.2 Å². The number of sulfone groups is 1. The van der Waals surface area contributed by atoms with Gasteiger partial charge in [0.25, 0.3) is 0 Å². The molecule has 0 radical (unpaired) electrons. The van der Waals surface area contributed by atoms with Crippen LogP contribution in [0, 0.1) is 11.7 Å². The van der Waals surface area contributed by atoms with Crippen LogP contribution in [0.5, 0.6) is 5.75 Å². The molecule has 1 fully saturated rings. The molecule has 1 amide bonds. The summed E-state index contributed by atoms with van der Waals surface area (Å²) in [4.78, 5) is 44.6. The molecule has 3 aromatic carbocycles. The number of ether oxygens (including phenoxy) is 2. The quantitative estimate of drug-likeness (QED) is 0.114. The van der Waals surface area contributed by atoms with Crippen molar-refractivity contribution in [3.05, 3.63) is 89.9 Å². The van der Waals surface area contributed by atoms with Crippen LogP contribution >= 0.6 is 0 Å². The molecule has 11 nitrogen and oxygen atoms in total. The van der Waals surface area contributed by atoms with Crippen molar-refractivity contribution in [3.8, 4) is 5.75 Å². The van der Waals surface area contributed by atoms with Crippen LogP contribution in [0.1, 0.15) is 50.4 Å². The van der Waals surface area contributed by atoms with E-state index in [9.17, 15) is 36.0 Å². The van der Waals surface area contributed by atoms with Crippen LogP contribution in [0.25, 0.3) is 10.8 Å². The minimum absolute atomic E-state index is 0.0885. The summed E-state index contributed by atoms with van der Waals surface area (Å²) in [6, 6.07) is 12.7. The molecule has 1 saturated heterocycles. The van der Waals surface area contributed by atoms with Crippen molar-refractivity contribution < 1.29 is 49.8 Å². The van der Waals surface area contributed by atoms with E-state index in [2.05, 4.69) is 15.0 Å². The SMILES string of the molecule is CCOc1ccc(F)c([C@H](Nc2ccc3c(N)nccc3c2)C(=O)N2CCC(C(=O)OC(=O)C(F)(F)F)C2c2ccccc2S(=O)(=O)C(C)C)c1. The Morgan fingerprint density at radius 2 is 1.78 bits per heavy atom. The lowest BCUT2D eigenvalue weighted by molar-refractivity contribution is -0.203. The highest BCUT2D eigenvalue weighted by molar-refractivity contribution is 7.92. The third-order valence-corrected chi connectivity index (χ3v) is 10.7. The molecule has 5 rings (SSSR count). The maximum Gasteiger partial charge on any atom is 0.491 e. The lowest BCUT2D eigenvalue weighted by Gasteiger charge is -2.33. The first-order chi connectivity index (χ1) is 24.0. The molecule has 2 heterocycles. The van der Waals surface area contributed by atoms with Gasteiger partial charge < -0.3 is 25.4 Å². The van der Waals surface area contributed by atoms with E-state index in [1.807, 2.05) is 0 Å². The number of fused-ring (bicyclic) bond motifs is 1. The minimum atomic E-state index is -5.50. The molecule has 1 aromatic heterocycles. The summed E-state index contributed by atoms with van der Waals surface area (Å²) in [5, 5.41) is 3.31. The molecular weight excluding hydrogens is 696 g/mol. The van der Waals surface area contributed by atoms with Crippen LogP contribution in [-0.2, 0) is 29.0 Å². The van der Waals surface area contributed by atoms with Crippen LogP contribution in [0.3, 0.4) is 0 Å². The van der Waals surface area contributed by atoms with Gasteiger partial charge in [0.15, 0.2) is 9.84 Å². The molecule has 4 aromatic rings.